The molecular weight excluding hydrogens is 414 g/mol. The Morgan fingerprint density at radius 3 is 2.64 bits per heavy atom. The van der Waals surface area contributed by atoms with E-state index in [1.165, 1.54) is 5.56 Å². The summed E-state index contributed by atoms with van der Waals surface area (Å²) in [6.45, 7) is 4.99. The zero-order valence-corrected chi connectivity index (χ0v) is 17.5. The first-order valence-electron chi connectivity index (χ1n) is 9.39. The van der Waals surface area contributed by atoms with E-state index in [1.807, 2.05) is 30.3 Å². The van der Waals surface area contributed by atoms with Crippen molar-refractivity contribution >= 4 is 27.1 Å². The molecule has 0 atom stereocenters. The van der Waals surface area contributed by atoms with E-state index in [0.717, 1.165) is 39.1 Å². The van der Waals surface area contributed by atoms with Crippen molar-refractivity contribution in [3.63, 3.8) is 0 Å². The van der Waals surface area contributed by atoms with Gasteiger partial charge in [-0.05, 0) is 63.7 Å². The van der Waals surface area contributed by atoms with Gasteiger partial charge in [0.05, 0.1) is 5.52 Å². The molecule has 1 N–H and O–H groups in total. The maximum Gasteiger partial charge on any atom is 0.178 e. The number of ether oxygens (including phenoxy) is 1. The third-order valence-electron chi connectivity index (χ3n) is 4.44. The zero-order chi connectivity index (χ0) is 19.5. The number of aromatic amines is 1. The van der Waals surface area contributed by atoms with Crippen LogP contribution in [0, 0.1) is 5.92 Å². The number of H-pyrrole nitrogens is 1. The fourth-order valence-corrected chi connectivity index (χ4v) is 3.55. The Balaban J connectivity index is 1.68. The number of imidazole rings is 1. The molecule has 5 heteroatoms. The molecule has 0 amide bonds. The Hall–Kier alpha value is -2.66. The minimum Gasteiger partial charge on any atom is -0.489 e. The summed E-state index contributed by atoms with van der Waals surface area (Å²) < 4.78 is 7.03. The normalized spacial score (nSPS) is 11.3. The van der Waals surface area contributed by atoms with Gasteiger partial charge in [-0.2, -0.15) is 0 Å². The summed E-state index contributed by atoms with van der Waals surface area (Å²) in [4.78, 5) is 12.4. The molecule has 4 aromatic rings. The predicted molar refractivity (Wildman–Crippen MR) is 116 cm³/mol. The number of hydrogen-bond acceptors (Lipinski definition) is 3. The van der Waals surface area contributed by atoms with E-state index < -0.39 is 0 Å². The molecule has 0 spiro atoms. The average molecular weight is 436 g/mol. The molecule has 0 aliphatic heterocycles. The van der Waals surface area contributed by atoms with E-state index in [1.54, 1.807) is 6.20 Å². The second-order valence-corrected chi connectivity index (χ2v) is 8.26. The van der Waals surface area contributed by atoms with E-state index in [4.69, 9.17) is 4.74 Å². The molecular formula is C23H22BrN3O. The molecule has 2 aromatic heterocycles. The van der Waals surface area contributed by atoms with Crippen LogP contribution in [0.5, 0.6) is 5.75 Å². The molecule has 0 radical (unpaired) electrons. The summed E-state index contributed by atoms with van der Waals surface area (Å²) in [6.07, 6.45) is 2.75. The lowest BCUT2D eigenvalue weighted by atomic mass is 10.0. The molecule has 142 valence electrons. The lowest BCUT2D eigenvalue weighted by Crippen LogP contribution is -1.99. The van der Waals surface area contributed by atoms with Crippen molar-refractivity contribution < 1.29 is 4.74 Å². The molecule has 0 unspecified atom stereocenters. The molecule has 0 bridgehead atoms. The van der Waals surface area contributed by atoms with Gasteiger partial charge in [0.25, 0.3) is 0 Å². The molecule has 0 saturated carbocycles. The topological polar surface area (TPSA) is 50.8 Å². The lowest BCUT2D eigenvalue weighted by molar-refractivity contribution is 0.306. The van der Waals surface area contributed by atoms with Crippen LogP contribution in [0.15, 0.2) is 65.3 Å². The van der Waals surface area contributed by atoms with E-state index in [2.05, 4.69) is 69.0 Å². The van der Waals surface area contributed by atoms with Gasteiger partial charge in [0.15, 0.2) is 5.65 Å². The van der Waals surface area contributed by atoms with Crippen LogP contribution in [0.3, 0.4) is 0 Å². The highest BCUT2D eigenvalue weighted by atomic mass is 79.9. The van der Waals surface area contributed by atoms with Gasteiger partial charge in [-0.25, -0.2) is 9.97 Å². The second kappa shape index (κ2) is 8.15. The van der Waals surface area contributed by atoms with E-state index >= 15 is 0 Å². The van der Waals surface area contributed by atoms with Gasteiger partial charge in [0.2, 0.25) is 0 Å². The molecule has 0 aliphatic rings. The van der Waals surface area contributed by atoms with Crippen molar-refractivity contribution in [3.8, 4) is 17.1 Å². The minimum absolute atomic E-state index is 0.542. The fraction of sp³-hybridized carbons (Fsp3) is 0.217. The number of aromatic nitrogens is 3. The molecule has 2 heterocycles. The molecule has 28 heavy (non-hydrogen) atoms. The summed E-state index contributed by atoms with van der Waals surface area (Å²) in [5.74, 6) is 2.22. The first kappa shape index (κ1) is 18.7. The first-order chi connectivity index (χ1) is 13.6. The van der Waals surface area contributed by atoms with Crippen molar-refractivity contribution in [2.75, 3.05) is 0 Å². The van der Waals surface area contributed by atoms with Crippen LogP contribution in [0.4, 0.5) is 0 Å². The Morgan fingerprint density at radius 2 is 1.86 bits per heavy atom. The number of hydrogen-bond donors (Lipinski definition) is 1. The van der Waals surface area contributed by atoms with Gasteiger partial charge in [-0.1, -0.05) is 44.2 Å². The summed E-state index contributed by atoms with van der Waals surface area (Å²) in [5.41, 5.74) is 5.01. The number of halogens is 1. The van der Waals surface area contributed by atoms with Gasteiger partial charge < -0.3 is 9.72 Å². The maximum atomic E-state index is 6.10. The summed E-state index contributed by atoms with van der Waals surface area (Å²) in [6, 6.07) is 18.6. The number of fused-ring (bicyclic) bond motifs is 1. The molecule has 0 aliphatic carbocycles. The number of nitrogens with zero attached hydrogens (tertiary/aromatic N) is 2. The van der Waals surface area contributed by atoms with Crippen LogP contribution in [0.1, 0.15) is 25.0 Å². The largest absolute Gasteiger partial charge is 0.489 e. The first-order valence-corrected chi connectivity index (χ1v) is 10.2. The third kappa shape index (κ3) is 4.42. The summed E-state index contributed by atoms with van der Waals surface area (Å²) >= 11 is 3.46. The zero-order valence-electron chi connectivity index (χ0n) is 15.9. The fourth-order valence-electron chi connectivity index (χ4n) is 3.22. The molecule has 4 rings (SSSR count). The van der Waals surface area contributed by atoms with Crippen LogP contribution in [0.2, 0.25) is 0 Å². The summed E-state index contributed by atoms with van der Waals surface area (Å²) in [5, 5.41) is 0. The van der Waals surface area contributed by atoms with Crippen molar-refractivity contribution in [2.45, 2.75) is 26.9 Å². The van der Waals surface area contributed by atoms with Crippen molar-refractivity contribution in [3.05, 3.63) is 76.4 Å². The van der Waals surface area contributed by atoms with Crippen molar-refractivity contribution in [1.82, 2.24) is 15.0 Å². The lowest BCUT2D eigenvalue weighted by Gasteiger charge is -2.12. The van der Waals surface area contributed by atoms with Crippen LogP contribution < -0.4 is 4.74 Å². The highest BCUT2D eigenvalue weighted by molar-refractivity contribution is 9.10. The Kier molecular flexibility index (Phi) is 5.44. The van der Waals surface area contributed by atoms with E-state index in [-0.39, 0.29) is 0 Å². The van der Waals surface area contributed by atoms with Gasteiger partial charge in [-0.15, -0.1) is 0 Å². The second-order valence-electron chi connectivity index (χ2n) is 7.35. The standard InChI is InChI=1S/C23H22BrN3O/c1-15(2)8-17-9-18(22-26-21-12-19(24)13-25-23(21)27-22)11-20(10-17)28-14-16-6-4-3-5-7-16/h3-7,9-13,15H,8,14H2,1-2H3,(H,25,26,27). The maximum absolute atomic E-state index is 6.10. The van der Waals surface area contributed by atoms with Crippen LogP contribution in [-0.4, -0.2) is 15.0 Å². The predicted octanol–water partition coefficient (Wildman–Crippen LogP) is 6.16. The van der Waals surface area contributed by atoms with E-state index in [9.17, 15) is 0 Å². The van der Waals surface area contributed by atoms with Crippen molar-refractivity contribution in [2.24, 2.45) is 5.92 Å². The van der Waals surface area contributed by atoms with Gasteiger partial charge in [0, 0.05) is 16.2 Å². The molecule has 0 saturated heterocycles. The van der Waals surface area contributed by atoms with Gasteiger partial charge >= 0.3 is 0 Å². The highest BCUT2D eigenvalue weighted by Gasteiger charge is 2.11. The number of pyridine rings is 1. The summed E-state index contributed by atoms with van der Waals surface area (Å²) in [7, 11) is 0. The van der Waals surface area contributed by atoms with Gasteiger partial charge in [-0.3, -0.25) is 0 Å². The monoisotopic (exact) mass is 435 g/mol. The number of benzene rings is 2. The minimum atomic E-state index is 0.542. The van der Waals surface area contributed by atoms with Crippen molar-refractivity contribution in [1.29, 1.82) is 0 Å². The van der Waals surface area contributed by atoms with Crippen LogP contribution in [-0.2, 0) is 13.0 Å². The smallest absolute Gasteiger partial charge is 0.178 e. The Bertz CT molecular complexity index is 1090. The SMILES string of the molecule is CC(C)Cc1cc(OCc2ccccc2)cc(-c2nc3ncc(Br)cc3[nH]2)c1. The van der Waals surface area contributed by atoms with Crippen LogP contribution >= 0.6 is 15.9 Å². The molecule has 2 aromatic carbocycles. The third-order valence-corrected chi connectivity index (χ3v) is 4.87. The van der Waals surface area contributed by atoms with Crippen LogP contribution in [0.25, 0.3) is 22.6 Å². The number of nitrogens with one attached hydrogen (secondary N) is 1. The number of rotatable bonds is 6. The Morgan fingerprint density at radius 1 is 1.04 bits per heavy atom. The van der Waals surface area contributed by atoms with Gasteiger partial charge in [0.1, 0.15) is 18.2 Å². The highest BCUT2D eigenvalue weighted by Crippen LogP contribution is 2.28. The average Bonchev–Trinajstić information content (AvgIpc) is 3.10. The molecule has 4 nitrogen and oxygen atoms in total. The molecule has 0 fully saturated rings. The van der Waals surface area contributed by atoms with E-state index in [0.29, 0.717) is 18.2 Å². The quantitative estimate of drug-likeness (QED) is 0.394. The Labute approximate surface area is 173 Å².